The van der Waals surface area contributed by atoms with Gasteiger partial charge >= 0.3 is 0 Å². The van der Waals surface area contributed by atoms with Gasteiger partial charge in [-0.25, -0.2) is 8.42 Å². The minimum Gasteiger partial charge on any atom is -0.343 e. The number of benzene rings is 1. The average Bonchev–Trinajstić information content (AvgIpc) is 2.89. The maximum absolute atomic E-state index is 12.1. The number of unbranched alkanes of at least 4 members (excludes halogenated alkanes) is 2. The molecule has 1 fully saturated rings. The van der Waals surface area contributed by atoms with Crippen LogP contribution in [0.5, 0.6) is 0 Å². The molecule has 0 bridgehead atoms. The summed E-state index contributed by atoms with van der Waals surface area (Å²) < 4.78 is 26.5. The highest BCUT2D eigenvalue weighted by atomic mass is 32.2. The number of likely N-dealkylation sites (tertiary alicyclic amines) is 1. The summed E-state index contributed by atoms with van der Waals surface area (Å²) in [5.41, 5.74) is 0.641. The van der Waals surface area contributed by atoms with E-state index in [-0.39, 0.29) is 5.91 Å². The molecule has 0 saturated carbocycles. The lowest BCUT2D eigenvalue weighted by molar-refractivity contribution is -0.132. The smallest absolute Gasteiger partial charge is 0.263 e. The Morgan fingerprint density at radius 3 is 2.64 bits per heavy atom. The highest BCUT2D eigenvalue weighted by molar-refractivity contribution is 7.90. The number of amidine groups is 1. The molecule has 1 amide bonds. The fourth-order valence-corrected chi connectivity index (χ4v) is 4.56. The van der Waals surface area contributed by atoms with Gasteiger partial charge in [0.25, 0.3) is 10.0 Å². The predicted octanol–water partition coefficient (Wildman–Crippen LogP) is 2.30. The molecule has 1 aromatic carbocycles. The van der Waals surface area contributed by atoms with Crippen molar-refractivity contribution < 1.29 is 13.2 Å². The fourth-order valence-electron chi connectivity index (χ4n) is 3.31. The third-order valence-electron chi connectivity index (χ3n) is 4.69. The van der Waals surface area contributed by atoms with Gasteiger partial charge in [0.2, 0.25) is 5.91 Å². The molecule has 3 rings (SSSR count). The van der Waals surface area contributed by atoms with Crippen LogP contribution in [0.2, 0.25) is 0 Å². The number of aliphatic imine (C=N–C) groups is 1. The van der Waals surface area contributed by atoms with E-state index in [2.05, 4.69) is 9.71 Å². The van der Waals surface area contributed by atoms with Gasteiger partial charge in [0, 0.05) is 31.6 Å². The number of hydrogen-bond acceptors (Lipinski definition) is 4. The summed E-state index contributed by atoms with van der Waals surface area (Å²) in [4.78, 5) is 18.7. The molecule has 0 aliphatic carbocycles. The number of nitrogens with one attached hydrogen (secondary N) is 1. The average molecular weight is 363 g/mol. The second kappa shape index (κ2) is 7.99. The lowest BCUT2D eigenvalue weighted by Gasteiger charge is -2.26. The normalized spacial score (nSPS) is 20.3. The van der Waals surface area contributed by atoms with Gasteiger partial charge in [0.15, 0.2) is 0 Å². The van der Waals surface area contributed by atoms with Crippen LogP contribution in [0.4, 0.5) is 0 Å². The van der Waals surface area contributed by atoms with Crippen molar-refractivity contribution in [1.82, 2.24) is 9.62 Å². The third-order valence-corrected chi connectivity index (χ3v) is 6.09. The standard InChI is InChI=1S/C18H25N3O3S/c22-17(21-13-7-2-8-14-21)11-3-1-6-12-19-18-15-9-4-5-10-16(15)25(23,24)20-18/h4-5,9-10H,1-3,6-8,11-14H2,(H,19,20). The van der Waals surface area contributed by atoms with Crippen molar-refractivity contribution in [2.45, 2.75) is 49.8 Å². The molecular weight excluding hydrogens is 338 g/mol. The van der Waals surface area contributed by atoms with E-state index >= 15 is 0 Å². The van der Waals surface area contributed by atoms with Crippen LogP contribution in [-0.4, -0.2) is 44.7 Å². The van der Waals surface area contributed by atoms with Crippen molar-refractivity contribution >= 4 is 21.8 Å². The van der Waals surface area contributed by atoms with E-state index < -0.39 is 10.0 Å². The van der Waals surface area contributed by atoms with Gasteiger partial charge in [0.05, 0.1) is 4.90 Å². The molecule has 1 aromatic rings. The van der Waals surface area contributed by atoms with Crippen LogP contribution in [-0.2, 0) is 14.8 Å². The molecular formula is C18H25N3O3S. The number of nitrogens with zero attached hydrogens (tertiary/aromatic N) is 2. The molecule has 2 aliphatic rings. The Morgan fingerprint density at radius 1 is 1.08 bits per heavy atom. The monoisotopic (exact) mass is 363 g/mol. The van der Waals surface area contributed by atoms with E-state index in [1.54, 1.807) is 18.2 Å². The summed E-state index contributed by atoms with van der Waals surface area (Å²) in [6.07, 6.45) is 6.72. The molecule has 7 heteroatoms. The van der Waals surface area contributed by atoms with Crippen LogP contribution in [0.1, 0.15) is 50.5 Å². The number of hydrogen-bond donors (Lipinski definition) is 1. The van der Waals surface area contributed by atoms with Crippen molar-refractivity contribution in [1.29, 1.82) is 0 Å². The van der Waals surface area contributed by atoms with E-state index in [4.69, 9.17) is 0 Å². The largest absolute Gasteiger partial charge is 0.343 e. The van der Waals surface area contributed by atoms with Crippen molar-refractivity contribution in [3.8, 4) is 0 Å². The Hall–Kier alpha value is -1.89. The van der Waals surface area contributed by atoms with Gasteiger partial charge in [-0.1, -0.05) is 18.6 Å². The van der Waals surface area contributed by atoms with Crippen LogP contribution in [0.15, 0.2) is 34.2 Å². The molecule has 6 nitrogen and oxygen atoms in total. The lowest BCUT2D eigenvalue weighted by Crippen LogP contribution is -2.35. The first kappa shape index (κ1) is 17.9. The maximum atomic E-state index is 12.1. The molecule has 2 heterocycles. The van der Waals surface area contributed by atoms with E-state index in [1.165, 1.54) is 6.42 Å². The Bertz CT molecular complexity index is 753. The van der Waals surface area contributed by atoms with Crippen molar-refractivity contribution in [2.75, 3.05) is 19.6 Å². The summed E-state index contributed by atoms with van der Waals surface area (Å²) in [7, 11) is -3.46. The Balaban J connectivity index is 1.42. The van der Waals surface area contributed by atoms with Crippen molar-refractivity contribution in [2.24, 2.45) is 4.99 Å². The van der Waals surface area contributed by atoms with Gasteiger partial charge in [-0.2, -0.15) is 0 Å². The van der Waals surface area contributed by atoms with Crippen LogP contribution < -0.4 is 4.72 Å². The lowest BCUT2D eigenvalue weighted by atomic mass is 10.1. The van der Waals surface area contributed by atoms with Crippen molar-refractivity contribution in [3.05, 3.63) is 29.8 Å². The van der Waals surface area contributed by atoms with Gasteiger partial charge in [0.1, 0.15) is 5.84 Å². The highest BCUT2D eigenvalue weighted by Gasteiger charge is 2.29. The zero-order chi connectivity index (χ0) is 17.7. The number of carbonyl (C=O) groups is 1. The van der Waals surface area contributed by atoms with Crippen LogP contribution >= 0.6 is 0 Å². The molecule has 1 N–H and O–H groups in total. The number of amides is 1. The summed E-state index contributed by atoms with van der Waals surface area (Å²) in [5.74, 6) is 0.698. The molecule has 1 saturated heterocycles. The third kappa shape index (κ3) is 4.39. The number of carbonyl (C=O) groups excluding carboxylic acids is 1. The second-order valence-electron chi connectivity index (χ2n) is 6.58. The van der Waals surface area contributed by atoms with Crippen molar-refractivity contribution in [3.63, 3.8) is 0 Å². The second-order valence-corrected chi connectivity index (χ2v) is 8.23. The summed E-state index contributed by atoms with van der Waals surface area (Å²) in [5, 5.41) is 0. The maximum Gasteiger partial charge on any atom is 0.263 e. The minimum atomic E-state index is -3.46. The SMILES string of the molecule is O=C(CCCCCN=C1NS(=O)(=O)c2ccccc21)N1CCCCC1. The molecule has 0 aromatic heterocycles. The van der Waals surface area contributed by atoms with Crippen LogP contribution in [0.3, 0.4) is 0 Å². The molecule has 0 unspecified atom stereocenters. The molecule has 2 aliphatic heterocycles. The molecule has 25 heavy (non-hydrogen) atoms. The molecule has 0 radical (unpaired) electrons. The Morgan fingerprint density at radius 2 is 1.84 bits per heavy atom. The van der Waals surface area contributed by atoms with E-state index in [1.807, 2.05) is 11.0 Å². The quantitative estimate of drug-likeness (QED) is 0.788. The fraction of sp³-hybridized carbons (Fsp3) is 0.556. The molecule has 136 valence electrons. The number of piperidine rings is 1. The zero-order valence-corrected chi connectivity index (χ0v) is 15.2. The Kier molecular flexibility index (Phi) is 5.73. The van der Waals surface area contributed by atoms with Gasteiger partial charge in [-0.05, 0) is 44.2 Å². The minimum absolute atomic E-state index is 0.267. The summed E-state index contributed by atoms with van der Waals surface area (Å²) >= 11 is 0. The van der Waals surface area contributed by atoms with Crippen LogP contribution in [0.25, 0.3) is 0 Å². The van der Waals surface area contributed by atoms with E-state index in [0.717, 1.165) is 45.2 Å². The van der Waals surface area contributed by atoms with Gasteiger partial charge in [-0.3, -0.25) is 14.5 Å². The number of fused-ring (bicyclic) bond motifs is 1. The first-order chi connectivity index (χ1) is 12.1. The van der Waals surface area contributed by atoms with E-state index in [0.29, 0.717) is 29.3 Å². The summed E-state index contributed by atoms with van der Waals surface area (Å²) in [6, 6.07) is 6.87. The number of rotatable bonds is 6. The van der Waals surface area contributed by atoms with Crippen LogP contribution in [0, 0.1) is 0 Å². The van der Waals surface area contributed by atoms with E-state index in [9.17, 15) is 13.2 Å². The van der Waals surface area contributed by atoms with Gasteiger partial charge in [-0.15, -0.1) is 0 Å². The van der Waals surface area contributed by atoms with Gasteiger partial charge < -0.3 is 4.90 Å². The summed E-state index contributed by atoms with van der Waals surface area (Å²) in [6.45, 7) is 2.38. The topological polar surface area (TPSA) is 78.8 Å². The number of sulfonamides is 1. The predicted molar refractivity (Wildman–Crippen MR) is 97.1 cm³/mol. The molecule has 0 atom stereocenters. The first-order valence-corrected chi connectivity index (χ1v) is 10.5. The first-order valence-electron chi connectivity index (χ1n) is 9.02. The highest BCUT2D eigenvalue weighted by Crippen LogP contribution is 2.22. The molecule has 0 spiro atoms. The Labute approximate surface area is 149 Å². The zero-order valence-electron chi connectivity index (χ0n) is 14.4.